The number of nitrogens with one attached hydrogen (secondary N) is 1. The lowest BCUT2D eigenvalue weighted by Gasteiger charge is -2.12. The van der Waals surface area contributed by atoms with Gasteiger partial charge < -0.3 is 4.98 Å². The van der Waals surface area contributed by atoms with E-state index in [1.165, 1.54) is 12.8 Å². The number of benzene rings is 1. The van der Waals surface area contributed by atoms with E-state index in [1.807, 2.05) is 24.3 Å². The predicted molar refractivity (Wildman–Crippen MR) is 90.7 cm³/mol. The number of H-pyrrole nitrogens is 1. The molecular formula is C16H16Br2N2O. The number of hydrogen-bond donors (Lipinski definition) is 1. The number of nitrogens with zero attached hydrogens (tertiary/aromatic N) is 1. The summed E-state index contributed by atoms with van der Waals surface area (Å²) in [6.07, 6.45) is 5.37. The molecule has 1 saturated carbocycles. The van der Waals surface area contributed by atoms with E-state index in [4.69, 9.17) is 4.98 Å². The highest BCUT2D eigenvalue weighted by Gasteiger charge is 2.23. The molecule has 1 aliphatic rings. The Kier molecular flexibility index (Phi) is 4.60. The average Bonchev–Trinajstić information content (AvgIpc) is 2.99. The Labute approximate surface area is 140 Å². The van der Waals surface area contributed by atoms with E-state index in [9.17, 15) is 4.79 Å². The third-order valence-corrected chi connectivity index (χ3v) is 5.26. The lowest BCUT2D eigenvalue weighted by Crippen LogP contribution is -2.17. The molecule has 21 heavy (non-hydrogen) atoms. The molecule has 1 aromatic carbocycles. The first-order valence-electron chi connectivity index (χ1n) is 7.16. The second-order valence-corrected chi connectivity index (χ2v) is 7.21. The Morgan fingerprint density at radius 1 is 1.14 bits per heavy atom. The Balaban J connectivity index is 1.92. The molecule has 0 unspecified atom stereocenters. The molecule has 0 spiro atoms. The Morgan fingerprint density at radius 3 is 2.48 bits per heavy atom. The second-order valence-electron chi connectivity index (χ2n) is 5.50. The Bertz CT molecular complexity index is 688. The van der Waals surface area contributed by atoms with Crippen LogP contribution in [0, 0.1) is 0 Å². The molecule has 2 aromatic rings. The highest BCUT2D eigenvalue weighted by molar-refractivity contribution is 9.10. The monoisotopic (exact) mass is 410 g/mol. The topological polar surface area (TPSA) is 45.8 Å². The molecule has 0 saturated heterocycles. The summed E-state index contributed by atoms with van der Waals surface area (Å²) in [5, 5.41) is 0. The van der Waals surface area contributed by atoms with E-state index in [0.29, 0.717) is 16.8 Å². The number of aromatic amines is 1. The van der Waals surface area contributed by atoms with Crippen molar-refractivity contribution in [1.29, 1.82) is 0 Å². The van der Waals surface area contributed by atoms with E-state index in [0.717, 1.165) is 34.4 Å². The first-order chi connectivity index (χ1) is 10.1. The van der Waals surface area contributed by atoms with Gasteiger partial charge in [0.15, 0.2) is 0 Å². The van der Waals surface area contributed by atoms with Crippen LogP contribution in [0.5, 0.6) is 0 Å². The van der Waals surface area contributed by atoms with Crippen LogP contribution in [0.4, 0.5) is 0 Å². The van der Waals surface area contributed by atoms with Crippen LogP contribution < -0.4 is 5.56 Å². The molecule has 1 heterocycles. The standard InChI is InChI=1S/C16H16Br2N2O/c17-12-7-5-10(6-8-12)9-13-19-15(11-3-1-2-4-11)14(18)16(21)20-13/h5-8,11H,1-4,9H2,(H,19,20,21). The zero-order chi connectivity index (χ0) is 14.8. The van der Waals surface area contributed by atoms with Crippen LogP contribution in [0.3, 0.4) is 0 Å². The summed E-state index contributed by atoms with van der Waals surface area (Å²) < 4.78 is 1.66. The highest BCUT2D eigenvalue weighted by Crippen LogP contribution is 2.35. The van der Waals surface area contributed by atoms with E-state index in [2.05, 4.69) is 36.8 Å². The van der Waals surface area contributed by atoms with Crippen LogP contribution in [0.15, 0.2) is 38.0 Å². The minimum Gasteiger partial charge on any atom is -0.309 e. The summed E-state index contributed by atoms with van der Waals surface area (Å²) in [6.45, 7) is 0. The maximum atomic E-state index is 12.1. The molecular weight excluding hydrogens is 396 g/mol. The first-order valence-corrected chi connectivity index (χ1v) is 8.75. The van der Waals surface area contributed by atoms with Gasteiger partial charge >= 0.3 is 0 Å². The molecule has 110 valence electrons. The zero-order valence-electron chi connectivity index (χ0n) is 11.5. The van der Waals surface area contributed by atoms with Crippen molar-refractivity contribution in [2.24, 2.45) is 0 Å². The van der Waals surface area contributed by atoms with E-state index in [1.54, 1.807) is 0 Å². The molecule has 5 heteroatoms. The van der Waals surface area contributed by atoms with Gasteiger partial charge in [0.05, 0.1) is 5.69 Å². The molecule has 1 fully saturated rings. The van der Waals surface area contributed by atoms with Crippen LogP contribution >= 0.6 is 31.9 Å². The van der Waals surface area contributed by atoms with Gasteiger partial charge in [-0.1, -0.05) is 40.9 Å². The molecule has 0 amide bonds. The lowest BCUT2D eigenvalue weighted by molar-refractivity contribution is 0.677. The fraction of sp³-hybridized carbons (Fsp3) is 0.375. The summed E-state index contributed by atoms with van der Waals surface area (Å²) in [6, 6.07) is 8.09. The highest BCUT2D eigenvalue weighted by atomic mass is 79.9. The van der Waals surface area contributed by atoms with Gasteiger partial charge in [0, 0.05) is 16.8 Å². The van der Waals surface area contributed by atoms with Crippen LogP contribution in [-0.4, -0.2) is 9.97 Å². The van der Waals surface area contributed by atoms with E-state index in [-0.39, 0.29) is 5.56 Å². The number of rotatable bonds is 3. The second kappa shape index (κ2) is 6.44. The summed E-state index contributed by atoms with van der Waals surface area (Å²) in [4.78, 5) is 19.7. The number of hydrogen-bond acceptors (Lipinski definition) is 2. The van der Waals surface area contributed by atoms with Crippen molar-refractivity contribution in [1.82, 2.24) is 9.97 Å². The van der Waals surface area contributed by atoms with E-state index < -0.39 is 0 Å². The molecule has 0 bridgehead atoms. The smallest absolute Gasteiger partial charge is 0.265 e. The maximum Gasteiger partial charge on any atom is 0.265 e. The van der Waals surface area contributed by atoms with Gasteiger partial charge in [-0.15, -0.1) is 0 Å². The van der Waals surface area contributed by atoms with Crippen LogP contribution in [0.2, 0.25) is 0 Å². The van der Waals surface area contributed by atoms with Crippen molar-refractivity contribution in [3.8, 4) is 0 Å². The van der Waals surface area contributed by atoms with Gasteiger partial charge in [-0.3, -0.25) is 4.79 Å². The van der Waals surface area contributed by atoms with Gasteiger partial charge in [-0.2, -0.15) is 0 Å². The van der Waals surface area contributed by atoms with Crippen LogP contribution in [0.25, 0.3) is 0 Å². The molecule has 0 radical (unpaired) electrons. The van der Waals surface area contributed by atoms with Crippen molar-refractivity contribution < 1.29 is 0 Å². The summed E-state index contributed by atoms with van der Waals surface area (Å²) in [7, 11) is 0. The minimum absolute atomic E-state index is 0.0704. The molecule has 1 N–H and O–H groups in total. The summed E-state index contributed by atoms with van der Waals surface area (Å²) in [5.74, 6) is 1.16. The fourth-order valence-corrected chi connectivity index (χ4v) is 3.65. The van der Waals surface area contributed by atoms with Crippen molar-refractivity contribution in [2.75, 3.05) is 0 Å². The third-order valence-electron chi connectivity index (χ3n) is 3.96. The summed E-state index contributed by atoms with van der Waals surface area (Å²) >= 11 is 6.84. The molecule has 1 aromatic heterocycles. The van der Waals surface area contributed by atoms with Gasteiger partial charge in [0.25, 0.3) is 5.56 Å². The Morgan fingerprint density at radius 2 is 1.81 bits per heavy atom. The van der Waals surface area contributed by atoms with E-state index >= 15 is 0 Å². The summed E-state index contributed by atoms with van der Waals surface area (Å²) in [5.41, 5.74) is 2.00. The van der Waals surface area contributed by atoms with Crippen molar-refractivity contribution >= 4 is 31.9 Å². The van der Waals surface area contributed by atoms with Gasteiger partial charge in [-0.25, -0.2) is 4.98 Å². The van der Waals surface area contributed by atoms with Crippen molar-refractivity contribution in [3.05, 3.63) is 60.6 Å². The van der Waals surface area contributed by atoms with Gasteiger partial charge in [0.2, 0.25) is 0 Å². The van der Waals surface area contributed by atoms with Crippen molar-refractivity contribution in [2.45, 2.75) is 38.0 Å². The molecule has 3 nitrogen and oxygen atoms in total. The molecule has 0 atom stereocenters. The molecule has 3 rings (SSSR count). The van der Waals surface area contributed by atoms with Gasteiger partial charge in [-0.05, 0) is 46.5 Å². The minimum atomic E-state index is -0.0704. The molecule has 1 aliphatic carbocycles. The predicted octanol–water partition coefficient (Wildman–Crippen LogP) is 4.54. The van der Waals surface area contributed by atoms with Gasteiger partial charge in [0.1, 0.15) is 10.3 Å². The normalized spacial score (nSPS) is 15.5. The number of aromatic nitrogens is 2. The Hall–Kier alpha value is -0.940. The fourth-order valence-electron chi connectivity index (χ4n) is 2.87. The maximum absolute atomic E-state index is 12.1. The van der Waals surface area contributed by atoms with Crippen LogP contribution in [0.1, 0.15) is 48.7 Å². The van der Waals surface area contributed by atoms with Crippen LogP contribution in [-0.2, 0) is 6.42 Å². The largest absolute Gasteiger partial charge is 0.309 e. The third kappa shape index (κ3) is 3.46. The average molecular weight is 412 g/mol. The lowest BCUT2D eigenvalue weighted by atomic mass is 10.0. The quantitative estimate of drug-likeness (QED) is 0.805. The van der Waals surface area contributed by atoms with Crippen molar-refractivity contribution in [3.63, 3.8) is 0 Å². The molecule has 0 aliphatic heterocycles. The zero-order valence-corrected chi connectivity index (χ0v) is 14.7. The SMILES string of the molecule is O=c1[nH]c(Cc2ccc(Br)cc2)nc(C2CCCC2)c1Br. The first kappa shape index (κ1) is 15.0. The number of halogens is 2.